The van der Waals surface area contributed by atoms with Crippen molar-refractivity contribution in [2.45, 2.75) is 79.1 Å². The van der Waals surface area contributed by atoms with E-state index in [1.54, 1.807) is 0 Å². The molecule has 1 fully saturated rings. The third kappa shape index (κ3) is 2.98. The highest BCUT2D eigenvalue weighted by atomic mass is 14.5. The highest BCUT2D eigenvalue weighted by Gasteiger charge is 2.40. The molecule has 0 spiro atoms. The van der Waals surface area contributed by atoms with Crippen molar-refractivity contribution in [1.82, 2.24) is 0 Å². The standard InChI is InChI=1S/C15H30/c1-5-8-13(4)15(10-6-2)11-9-14(7-3)12-15/h13-14H,5-12H2,1-4H3. The molecule has 1 aliphatic carbocycles. The van der Waals surface area contributed by atoms with Crippen molar-refractivity contribution in [3.63, 3.8) is 0 Å². The van der Waals surface area contributed by atoms with Gasteiger partial charge in [0, 0.05) is 0 Å². The van der Waals surface area contributed by atoms with Gasteiger partial charge in [-0.1, -0.05) is 53.4 Å². The molecule has 0 heteroatoms. The van der Waals surface area contributed by atoms with Crippen LogP contribution in [0.25, 0.3) is 0 Å². The van der Waals surface area contributed by atoms with Gasteiger partial charge in [0.1, 0.15) is 0 Å². The van der Waals surface area contributed by atoms with E-state index in [9.17, 15) is 0 Å². The Labute approximate surface area is 96.8 Å². The molecule has 0 aromatic heterocycles. The average molecular weight is 210 g/mol. The van der Waals surface area contributed by atoms with Crippen LogP contribution < -0.4 is 0 Å². The molecule has 0 saturated heterocycles. The molecule has 0 aliphatic heterocycles. The first-order chi connectivity index (χ1) is 7.18. The summed E-state index contributed by atoms with van der Waals surface area (Å²) in [4.78, 5) is 0. The van der Waals surface area contributed by atoms with Crippen molar-refractivity contribution >= 4 is 0 Å². The van der Waals surface area contributed by atoms with Gasteiger partial charge in [0.15, 0.2) is 0 Å². The highest BCUT2D eigenvalue weighted by Crippen LogP contribution is 2.52. The topological polar surface area (TPSA) is 0 Å². The summed E-state index contributed by atoms with van der Waals surface area (Å²) in [5, 5.41) is 0. The van der Waals surface area contributed by atoms with Crippen LogP contribution in [0.1, 0.15) is 79.1 Å². The smallest absolute Gasteiger partial charge is 0.0269 e. The summed E-state index contributed by atoms with van der Waals surface area (Å²) in [5.41, 5.74) is 0.728. The first-order valence-electron chi connectivity index (χ1n) is 7.18. The molecule has 0 heterocycles. The summed E-state index contributed by atoms with van der Waals surface area (Å²) in [7, 11) is 0. The fourth-order valence-corrected chi connectivity index (χ4v) is 3.78. The van der Waals surface area contributed by atoms with Gasteiger partial charge >= 0.3 is 0 Å². The third-order valence-electron chi connectivity index (χ3n) is 4.84. The molecule has 1 rings (SSSR count). The van der Waals surface area contributed by atoms with Crippen LogP contribution in [-0.4, -0.2) is 0 Å². The summed E-state index contributed by atoms with van der Waals surface area (Å²) >= 11 is 0. The molecule has 1 saturated carbocycles. The zero-order valence-electron chi connectivity index (χ0n) is 11.3. The lowest BCUT2D eigenvalue weighted by atomic mass is 9.69. The van der Waals surface area contributed by atoms with Crippen LogP contribution in [-0.2, 0) is 0 Å². The van der Waals surface area contributed by atoms with Crippen LogP contribution >= 0.6 is 0 Å². The van der Waals surface area contributed by atoms with Gasteiger partial charge in [-0.2, -0.15) is 0 Å². The van der Waals surface area contributed by atoms with E-state index < -0.39 is 0 Å². The van der Waals surface area contributed by atoms with Gasteiger partial charge in [-0.15, -0.1) is 0 Å². The molecule has 0 radical (unpaired) electrons. The summed E-state index contributed by atoms with van der Waals surface area (Å²) in [6.45, 7) is 9.58. The molecule has 1 aliphatic rings. The quantitative estimate of drug-likeness (QED) is 0.549. The van der Waals surface area contributed by atoms with E-state index in [-0.39, 0.29) is 0 Å². The molecular formula is C15H30. The molecule has 3 unspecified atom stereocenters. The SMILES string of the molecule is CCCC(C)C1(CCC)CCC(CC)C1. The second-order valence-corrected chi connectivity index (χ2v) is 5.82. The molecule has 0 bridgehead atoms. The maximum atomic E-state index is 2.51. The van der Waals surface area contributed by atoms with E-state index in [0.29, 0.717) is 0 Å². The molecular weight excluding hydrogens is 180 g/mol. The first-order valence-corrected chi connectivity index (χ1v) is 7.18. The number of hydrogen-bond donors (Lipinski definition) is 0. The van der Waals surface area contributed by atoms with Crippen LogP contribution in [0.4, 0.5) is 0 Å². The second kappa shape index (κ2) is 5.92. The minimum Gasteiger partial charge on any atom is -0.0654 e. The van der Waals surface area contributed by atoms with Crippen LogP contribution in [0.3, 0.4) is 0 Å². The maximum Gasteiger partial charge on any atom is -0.0269 e. The molecule has 0 N–H and O–H groups in total. The van der Waals surface area contributed by atoms with E-state index in [1.807, 2.05) is 0 Å². The lowest BCUT2D eigenvalue weighted by Crippen LogP contribution is -2.26. The van der Waals surface area contributed by atoms with Crippen molar-refractivity contribution in [1.29, 1.82) is 0 Å². The molecule has 0 aromatic carbocycles. The molecule has 3 atom stereocenters. The summed E-state index contributed by atoms with van der Waals surface area (Å²) in [5.74, 6) is 2.00. The zero-order valence-corrected chi connectivity index (χ0v) is 11.3. The lowest BCUT2D eigenvalue weighted by molar-refractivity contribution is 0.145. The largest absolute Gasteiger partial charge is 0.0654 e. The molecule has 0 nitrogen and oxygen atoms in total. The summed E-state index contributed by atoms with van der Waals surface area (Å²) in [6.07, 6.45) is 11.6. The monoisotopic (exact) mass is 210 g/mol. The van der Waals surface area contributed by atoms with Gasteiger partial charge in [-0.3, -0.25) is 0 Å². The average Bonchev–Trinajstić information content (AvgIpc) is 2.64. The lowest BCUT2D eigenvalue weighted by Gasteiger charge is -2.36. The Morgan fingerprint density at radius 2 is 1.93 bits per heavy atom. The van der Waals surface area contributed by atoms with E-state index in [4.69, 9.17) is 0 Å². The third-order valence-corrected chi connectivity index (χ3v) is 4.84. The Balaban J connectivity index is 2.62. The predicted molar refractivity (Wildman–Crippen MR) is 69.0 cm³/mol. The van der Waals surface area contributed by atoms with E-state index in [1.165, 1.54) is 51.4 Å². The number of rotatable bonds is 6. The Morgan fingerprint density at radius 1 is 1.20 bits per heavy atom. The van der Waals surface area contributed by atoms with E-state index in [2.05, 4.69) is 27.7 Å². The zero-order chi connectivity index (χ0) is 11.3. The Hall–Kier alpha value is 0. The molecule has 0 amide bonds. The van der Waals surface area contributed by atoms with Gasteiger partial charge < -0.3 is 0 Å². The summed E-state index contributed by atoms with van der Waals surface area (Å²) in [6, 6.07) is 0. The van der Waals surface area contributed by atoms with Crippen molar-refractivity contribution < 1.29 is 0 Å². The van der Waals surface area contributed by atoms with Crippen LogP contribution in [0.15, 0.2) is 0 Å². The second-order valence-electron chi connectivity index (χ2n) is 5.82. The molecule has 15 heavy (non-hydrogen) atoms. The fourth-order valence-electron chi connectivity index (χ4n) is 3.78. The minimum absolute atomic E-state index is 0.728. The van der Waals surface area contributed by atoms with Crippen molar-refractivity contribution in [3.05, 3.63) is 0 Å². The van der Waals surface area contributed by atoms with Crippen molar-refractivity contribution in [2.24, 2.45) is 17.3 Å². The molecule has 90 valence electrons. The summed E-state index contributed by atoms with van der Waals surface area (Å²) < 4.78 is 0. The van der Waals surface area contributed by atoms with E-state index in [0.717, 1.165) is 17.3 Å². The normalized spacial score (nSPS) is 33.2. The fraction of sp³-hybridized carbons (Fsp3) is 1.00. The van der Waals surface area contributed by atoms with Crippen LogP contribution in [0.2, 0.25) is 0 Å². The van der Waals surface area contributed by atoms with Gasteiger partial charge in [0.2, 0.25) is 0 Å². The van der Waals surface area contributed by atoms with E-state index >= 15 is 0 Å². The Morgan fingerprint density at radius 3 is 2.40 bits per heavy atom. The Bertz CT molecular complexity index is 173. The Kier molecular flexibility index (Phi) is 5.15. The van der Waals surface area contributed by atoms with Gasteiger partial charge in [-0.05, 0) is 42.9 Å². The number of hydrogen-bond acceptors (Lipinski definition) is 0. The first kappa shape index (κ1) is 13.1. The van der Waals surface area contributed by atoms with Gasteiger partial charge in [0.25, 0.3) is 0 Å². The maximum absolute atomic E-state index is 2.51. The van der Waals surface area contributed by atoms with Crippen LogP contribution in [0, 0.1) is 17.3 Å². The van der Waals surface area contributed by atoms with Crippen LogP contribution in [0.5, 0.6) is 0 Å². The van der Waals surface area contributed by atoms with Gasteiger partial charge in [0.05, 0.1) is 0 Å². The minimum atomic E-state index is 0.728. The predicted octanol–water partition coefficient (Wildman–Crippen LogP) is 5.42. The highest BCUT2D eigenvalue weighted by molar-refractivity contribution is 4.91. The molecule has 0 aromatic rings. The van der Waals surface area contributed by atoms with Crippen molar-refractivity contribution in [2.75, 3.05) is 0 Å². The van der Waals surface area contributed by atoms with Crippen molar-refractivity contribution in [3.8, 4) is 0 Å². The van der Waals surface area contributed by atoms with Gasteiger partial charge in [-0.25, -0.2) is 0 Å².